The minimum atomic E-state index is 0.0895. The highest BCUT2D eigenvalue weighted by atomic mass is 16.4. The van der Waals surface area contributed by atoms with Gasteiger partial charge in [-0.25, -0.2) is 4.98 Å². The first kappa shape index (κ1) is 18.2. The third-order valence-corrected chi connectivity index (χ3v) is 5.52. The van der Waals surface area contributed by atoms with Gasteiger partial charge in [0.2, 0.25) is 11.8 Å². The number of hydrogen-bond acceptors (Lipinski definition) is 4. The standard InChI is InChI=1S/C22H29N3O2/c1-15(2)21-20(17-7-4-3-5-8-17)24-22(27-21)18-9-6-12-25(18)14-19(26)23-13-16-10-11-16/h3-5,7-8,15-16,18H,6,9-14H2,1-2H3,(H,23,26). The highest BCUT2D eigenvalue weighted by Crippen LogP contribution is 2.37. The average Bonchev–Trinajstić information content (AvgIpc) is 3.20. The lowest BCUT2D eigenvalue weighted by Gasteiger charge is -2.21. The van der Waals surface area contributed by atoms with Gasteiger partial charge in [0.15, 0.2) is 0 Å². The maximum atomic E-state index is 12.3. The SMILES string of the molecule is CC(C)c1oc(C2CCCN2CC(=O)NCC2CC2)nc1-c1ccccc1. The summed E-state index contributed by atoms with van der Waals surface area (Å²) in [6, 6.07) is 10.3. The molecule has 0 spiro atoms. The number of hydrogen-bond donors (Lipinski definition) is 1. The summed E-state index contributed by atoms with van der Waals surface area (Å²) in [6.07, 6.45) is 4.56. The largest absolute Gasteiger partial charge is 0.443 e. The predicted octanol–water partition coefficient (Wildman–Crippen LogP) is 4.13. The molecule has 2 heterocycles. The van der Waals surface area contributed by atoms with E-state index in [0.717, 1.165) is 48.8 Å². The van der Waals surface area contributed by atoms with Gasteiger partial charge >= 0.3 is 0 Å². The monoisotopic (exact) mass is 367 g/mol. The number of carbonyl (C=O) groups is 1. The number of aromatic nitrogens is 1. The highest BCUT2D eigenvalue weighted by molar-refractivity contribution is 5.78. The fourth-order valence-corrected chi connectivity index (χ4v) is 3.80. The Morgan fingerprint density at radius 3 is 2.74 bits per heavy atom. The fourth-order valence-electron chi connectivity index (χ4n) is 3.80. The molecule has 1 saturated heterocycles. The van der Waals surface area contributed by atoms with Crippen LogP contribution in [0.15, 0.2) is 34.7 Å². The molecule has 1 atom stereocenters. The summed E-state index contributed by atoms with van der Waals surface area (Å²) >= 11 is 0. The molecule has 2 aliphatic rings. The van der Waals surface area contributed by atoms with E-state index >= 15 is 0 Å². The van der Waals surface area contributed by atoms with Crippen LogP contribution in [0, 0.1) is 5.92 Å². The number of oxazole rings is 1. The second kappa shape index (κ2) is 7.85. The van der Waals surface area contributed by atoms with Crippen molar-refractivity contribution in [3.05, 3.63) is 42.0 Å². The number of carbonyl (C=O) groups excluding carboxylic acids is 1. The first-order chi connectivity index (χ1) is 13.1. The van der Waals surface area contributed by atoms with E-state index in [0.29, 0.717) is 12.5 Å². The van der Waals surface area contributed by atoms with Gasteiger partial charge in [0.05, 0.1) is 12.6 Å². The molecule has 4 rings (SSSR count). The molecule has 0 radical (unpaired) electrons. The Balaban J connectivity index is 1.51. The van der Waals surface area contributed by atoms with Gasteiger partial charge in [0, 0.05) is 18.0 Å². The van der Waals surface area contributed by atoms with Gasteiger partial charge in [-0.05, 0) is 38.1 Å². The summed E-state index contributed by atoms with van der Waals surface area (Å²) in [7, 11) is 0. The van der Waals surface area contributed by atoms with Gasteiger partial charge in [-0.1, -0.05) is 44.2 Å². The summed E-state index contributed by atoms with van der Waals surface area (Å²) in [5.41, 5.74) is 2.02. The highest BCUT2D eigenvalue weighted by Gasteiger charge is 2.33. The first-order valence-corrected chi connectivity index (χ1v) is 10.2. The number of benzene rings is 1. The normalized spacial score (nSPS) is 20.3. The van der Waals surface area contributed by atoms with Gasteiger partial charge in [-0.15, -0.1) is 0 Å². The second-order valence-electron chi connectivity index (χ2n) is 8.16. The van der Waals surface area contributed by atoms with Crippen LogP contribution in [-0.4, -0.2) is 35.4 Å². The van der Waals surface area contributed by atoms with Crippen molar-refractivity contribution in [2.75, 3.05) is 19.6 Å². The van der Waals surface area contributed by atoms with Gasteiger partial charge in [0.25, 0.3) is 0 Å². The fraction of sp³-hybridized carbons (Fsp3) is 0.545. The van der Waals surface area contributed by atoms with Gasteiger partial charge in [0.1, 0.15) is 11.5 Å². The Labute approximate surface area is 161 Å². The van der Waals surface area contributed by atoms with Crippen LogP contribution in [0.2, 0.25) is 0 Å². The van der Waals surface area contributed by atoms with E-state index in [9.17, 15) is 4.79 Å². The lowest BCUT2D eigenvalue weighted by molar-refractivity contribution is -0.122. The number of likely N-dealkylation sites (tertiary alicyclic amines) is 1. The van der Waals surface area contributed by atoms with Crippen LogP contribution in [0.25, 0.3) is 11.3 Å². The van der Waals surface area contributed by atoms with E-state index in [1.54, 1.807) is 0 Å². The topological polar surface area (TPSA) is 58.4 Å². The summed E-state index contributed by atoms with van der Waals surface area (Å²) in [5.74, 6) is 2.77. The Kier molecular flexibility index (Phi) is 5.30. The molecule has 1 saturated carbocycles. The summed E-state index contributed by atoms with van der Waals surface area (Å²) in [6.45, 7) is 6.44. The van der Waals surface area contributed by atoms with Crippen LogP contribution in [0.3, 0.4) is 0 Å². The molecule has 1 amide bonds. The van der Waals surface area contributed by atoms with Crippen LogP contribution in [0.5, 0.6) is 0 Å². The maximum Gasteiger partial charge on any atom is 0.234 e. The maximum absolute atomic E-state index is 12.3. The van der Waals surface area contributed by atoms with E-state index in [-0.39, 0.29) is 17.9 Å². The molecule has 5 nitrogen and oxygen atoms in total. The van der Waals surface area contributed by atoms with Crippen molar-refractivity contribution in [1.29, 1.82) is 0 Å². The van der Waals surface area contributed by atoms with Crippen LogP contribution in [-0.2, 0) is 4.79 Å². The van der Waals surface area contributed by atoms with Gasteiger partial charge in [-0.3, -0.25) is 9.69 Å². The van der Waals surface area contributed by atoms with Crippen molar-refractivity contribution in [2.24, 2.45) is 5.92 Å². The molecular weight excluding hydrogens is 338 g/mol. The number of nitrogens with zero attached hydrogens (tertiary/aromatic N) is 2. The molecule has 27 heavy (non-hydrogen) atoms. The minimum absolute atomic E-state index is 0.0895. The van der Waals surface area contributed by atoms with Crippen LogP contribution < -0.4 is 5.32 Å². The van der Waals surface area contributed by atoms with Crippen molar-refractivity contribution < 1.29 is 9.21 Å². The smallest absolute Gasteiger partial charge is 0.234 e. The number of amides is 1. The molecule has 5 heteroatoms. The van der Waals surface area contributed by atoms with Gasteiger partial charge in [-0.2, -0.15) is 0 Å². The quantitative estimate of drug-likeness (QED) is 0.799. The van der Waals surface area contributed by atoms with Crippen molar-refractivity contribution in [2.45, 2.75) is 51.5 Å². The second-order valence-corrected chi connectivity index (χ2v) is 8.16. The first-order valence-electron chi connectivity index (χ1n) is 10.2. The number of nitrogens with one attached hydrogen (secondary N) is 1. The van der Waals surface area contributed by atoms with E-state index in [1.807, 2.05) is 18.2 Å². The Morgan fingerprint density at radius 2 is 2.04 bits per heavy atom. The summed E-state index contributed by atoms with van der Waals surface area (Å²) < 4.78 is 6.25. The molecule has 1 aromatic heterocycles. The van der Waals surface area contributed by atoms with E-state index < -0.39 is 0 Å². The lowest BCUT2D eigenvalue weighted by atomic mass is 10.0. The van der Waals surface area contributed by atoms with E-state index in [2.05, 4.69) is 36.2 Å². The average molecular weight is 367 g/mol. The van der Waals surface area contributed by atoms with Gasteiger partial charge < -0.3 is 9.73 Å². The zero-order chi connectivity index (χ0) is 18.8. The van der Waals surface area contributed by atoms with Crippen LogP contribution in [0.4, 0.5) is 0 Å². The van der Waals surface area contributed by atoms with Crippen molar-refractivity contribution in [3.63, 3.8) is 0 Å². The molecule has 1 aliphatic heterocycles. The molecule has 2 fully saturated rings. The zero-order valence-electron chi connectivity index (χ0n) is 16.3. The molecule has 1 N–H and O–H groups in total. The van der Waals surface area contributed by atoms with Crippen molar-refractivity contribution in [3.8, 4) is 11.3 Å². The third-order valence-electron chi connectivity index (χ3n) is 5.52. The molecule has 1 unspecified atom stereocenters. The summed E-state index contributed by atoms with van der Waals surface area (Å²) in [4.78, 5) is 19.4. The molecular formula is C22H29N3O2. The Morgan fingerprint density at radius 1 is 1.26 bits per heavy atom. The molecule has 1 aromatic carbocycles. The van der Waals surface area contributed by atoms with Crippen LogP contribution in [0.1, 0.15) is 63.1 Å². The molecule has 2 aromatic rings. The molecule has 0 bridgehead atoms. The van der Waals surface area contributed by atoms with E-state index in [1.165, 1.54) is 12.8 Å². The molecule has 1 aliphatic carbocycles. The third kappa shape index (κ3) is 4.24. The lowest BCUT2D eigenvalue weighted by Crippen LogP contribution is -2.37. The molecule has 144 valence electrons. The van der Waals surface area contributed by atoms with Crippen molar-refractivity contribution >= 4 is 5.91 Å². The van der Waals surface area contributed by atoms with Crippen LogP contribution >= 0.6 is 0 Å². The van der Waals surface area contributed by atoms with E-state index in [4.69, 9.17) is 9.40 Å². The Hall–Kier alpha value is -2.14. The zero-order valence-corrected chi connectivity index (χ0v) is 16.3. The Bertz CT molecular complexity index is 780. The van der Waals surface area contributed by atoms with Crippen molar-refractivity contribution in [1.82, 2.24) is 15.2 Å². The number of rotatable bonds is 7. The predicted molar refractivity (Wildman–Crippen MR) is 105 cm³/mol. The minimum Gasteiger partial charge on any atom is -0.443 e. The summed E-state index contributed by atoms with van der Waals surface area (Å²) in [5, 5.41) is 3.07.